The third kappa shape index (κ3) is 3.97. The zero-order chi connectivity index (χ0) is 19.1. The van der Waals surface area contributed by atoms with Crippen LogP contribution in [0.15, 0.2) is 24.5 Å². The van der Waals surface area contributed by atoms with Crippen molar-refractivity contribution >= 4 is 11.0 Å². The van der Waals surface area contributed by atoms with E-state index in [9.17, 15) is 17.4 Å². The van der Waals surface area contributed by atoms with Gasteiger partial charge in [-0.25, -0.2) is 13.6 Å². The predicted molar refractivity (Wildman–Crippen MR) is 89.8 cm³/mol. The lowest BCUT2D eigenvalue weighted by Crippen LogP contribution is -2.38. The standard InChI is InChI=1S/C16H19F3N4O2S/c1-15(2,3)26(24)22-13-9-25-8-12-11(13)7-23(21-12)10-4-5-20-14(6-10)16(17,18)19/h4-7,13,22H,8-9H2,1-3H3/t13-,26+/m1/s1. The summed E-state index contributed by atoms with van der Waals surface area (Å²) in [6, 6.07) is 2.04. The number of alkyl halides is 3. The van der Waals surface area contributed by atoms with E-state index in [2.05, 4.69) is 14.8 Å². The smallest absolute Gasteiger partial charge is 0.373 e. The SMILES string of the molecule is CC(C)(C)[S@](=O)N[C@@H]1COCc2nn(-c3ccnc(C(F)(F)F)c3)cc21. The van der Waals surface area contributed by atoms with Crippen LogP contribution in [0.25, 0.3) is 5.69 Å². The highest BCUT2D eigenvalue weighted by atomic mass is 32.2. The van der Waals surface area contributed by atoms with E-state index in [0.717, 1.165) is 17.8 Å². The molecule has 1 aliphatic heterocycles. The quantitative estimate of drug-likeness (QED) is 0.878. The fraction of sp³-hybridized carbons (Fsp3) is 0.500. The topological polar surface area (TPSA) is 69.0 Å². The summed E-state index contributed by atoms with van der Waals surface area (Å²) >= 11 is 0. The Balaban J connectivity index is 1.91. The molecule has 0 saturated heterocycles. The van der Waals surface area contributed by atoms with Crippen LogP contribution in [-0.2, 0) is 28.5 Å². The number of ether oxygens (including phenoxy) is 1. The summed E-state index contributed by atoms with van der Waals surface area (Å²) in [6.45, 7) is 6.10. The maximum Gasteiger partial charge on any atom is 0.433 e. The monoisotopic (exact) mass is 388 g/mol. The molecule has 2 atom stereocenters. The Morgan fingerprint density at radius 1 is 1.35 bits per heavy atom. The van der Waals surface area contributed by atoms with Gasteiger partial charge in [0, 0.05) is 18.0 Å². The number of halogens is 3. The first kappa shape index (κ1) is 19.0. The van der Waals surface area contributed by atoms with Gasteiger partial charge in [-0.3, -0.25) is 4.98 Å². The predicted octanol–water partition coefficient (Wildman–Crippen LogP) is 2.91. The lowest BCUT2D eigenvalue weighted by Gasteiger charge is -2.26. The minimum atomic E-state index is -4.53. The molecule has 3 rings (SSSR count). The Morgan fingerprint density at radius 2 is 2.08 bits per heavy atom. The summed E-state index contributed by atoms with van der Waals surface area (Å²) in [5.41, 5.74) is 0.630. The van der Waals surface area contributed by atoms with Gasteiger partial charge >= 0.3 is 6.18 Å². The van der Waals surface area contributed by atoms with Crippen LogP contribution in [0.3, 0.4) is 0 Å². The van der Waals surface area contributed by atoms with Crippen molar-refractivity contribution in [2.24, 2.45) is 0 Å². The molecule has 0 bridgehead atoms. The van der Waals surface area contributed by atoms with Crippen molar-refractivity contribution in [3.8, 4) is 5.69 Å². The van der Waals surface area contributed by atoms with E-state index in [0.29, 0.717) is 12.3 Å². The zero-order valence-electron chi connectivity index (χ0n) is 14.5. The molecule has 0 saturated carbocycles. The Bertz CT molecular complexity index is 830. The van der Waals surface area contributed by atoms with Gasteiger partial charge in [-0.15, -0.1) is 0 Å². The maximum atomic E-state index is 12.9. The summed E-state index contributed by atoms with van der Waals surface area (Å²) in [4.78, 5) is 3.36. The maximum absolute atomic E-state index is 12.9. The average molecular weight is 388 g/mol. The number of pyridine rings is 1. The summed E-state index contributed by atoms with van der Waals surface area (Å²) in [7, 11) is -1.32. The molecule has 10 heteroatoms. The molecule has 0 aliphatic carbocycles. The fourth-order valence-corrected chi connectivity index (χ4v) is 3.25. The van der Waals surface area contributed by atoms with Gasteiger partial charge in [0.25, 0.3) is 0 Å². The second kappa shape index (κ2) is 6.75. The average Bonchev–Trinajstić information content (AvgIpc) is 2.98. The first-order valence-electron chi connectivity index (χ1n) is 7.93. The van der Waals surface area contributed by atoms with Crippen molar-refractivity contribution in [2.45, 2.75) is 44.3 Å². The van der Waals surface area contributed by atoms with E-state index >= 15 is 0 Å². The van der Waals surface area contributed by atoms with Crippen molar-refractivity contribution in [1.82, 2.24) is 19.5 Å². The number of rotatable bonds is 3. The highest BCUT2D eigenvalue weighted by Crippen LogP contribution is 2.30. The van der Waals surface area contributed by atoms with Gasteiger partial charge in [-0.05, 0) is 32.9 Å². The molecule has 1 N–H and O–H groups in total. The number of hydrogen-bond acceptors (Lipinski definition) is 4. The lowest BCUT2D eigenvalue weighted by atomic mass is 10.1. The Morgan fingerprint density at radius 3 is 2.73 bits per heavy atom. The first-order chi connectivity index (χ1) is 12.1. The molecule has 0 fully saturated rings. The number of hydrogen-bond donors (Lipinski definition) is 1. The van der Waals surface area contributed by atoms with E-state index in [-0.39, 0.29) is 18.3 Å². The molecule has 3 heterocycles. The van der Waals surface area contributed by atoms with Crippen molar-refractivity contribution < 1.29 is 22.1 Å². The molecule has 0 aromatic carbocycles. The summed E-state index contributed by atoms with van der Waals surface area (Å²) in [5, 5.41) is 4.32. The van der Waals surface area contributed by atoms with Crippen LogP contribution in [0, 0.1) is 0 Å². The van der Waals surface area contributed by atoms with Crippen LogP contribution >= 0.6 is 0 Å². The second-order valence-corrected chi connectivity index (χ2v) is 8.94. The van der Waals surface area contributed by atoms with E-state index in [1.54, 1.807) is 6.20 Å². The summed E-state index contributed by atoms with van der Waals surface area (Å²) < 4.78 is 60.4. The largest absolute Gasteiger partial charge is 0.433 e. The van der Waals surface area contributed by atoms with Crippen LogP contribution in [-0.4, -0.2) is 30.3 Å². The molecular formula is C16H19F3N4O2S. The normalized spacial score (nSPS) is 19.2. The zero-order valence-corrected chi connectivity index (χ0v) is 15.3. The van der Waals surface area contributed by atoms with E-state index in [4.69, 9.17) is 4.74 Å². The molecule has 142 valence electrons. The fourth-order valence-electron chi connectivity index (χ4n) is 2.44. The Hall–Kier alpha value is -1.78. The van der Waals surface area contributed by atoms with Gasteiger partial charge in [-0.2, -0.15) is 18.3 Å². The molecule has 2 aromatic rings. The molecule has 1 aliphatic rings. The Kier molecular flexibility index (Phi) is 4.93. The van der Waals surface area contributed by atoms with Crippen LogP contribution < -0.4 is 4.72 Å². The van der Waals surface area contributed by atoms with E-state index < -0.39 is 27.6 Å². The number of aromatic nitrogens is 3. The number of fused-ring (bicyclic) bond motifs is 1. The summed E-state index contributed by atoms with van der Waals surface area (Å²) in [5.74, 6) is 0. The Labute approximate surface area is 151 Å². The van der Waals surface area contributed by atoms with Gasteiger partial charge in [0.05, 0.1) is 46.4 Å². The molecule has 26 heavy (non-hydrogen) atoms. The van der Waals surface area contributed by atoms with Crippen molar-refractivity contribution in [3.05, 3.63) is 41.5 Å². The summed E-state index contributed by atoms with van der Waals surface area (Å²) in [6.07, 6.45) is -1.79. The first-order valence-corrected chi connectivity index (χ1v) is 9.08. The van der Waals surface area contributed by atoms with Crippen LogP contribution in [0.4, 0.5) is 13.2 Å². The molecule has 6 nitrogen and oxygen atoms in total. The van der Waals surface area contributed by atoms with Crippen LogP contribution in [0.1, 0.15) is 43.8 Å². The molecule has 0 amide bonds. The van der Waals surface area contributed by atoms with Gasteiger partial charge < -0.3 is 4.74 Å². The van der Waals surface area contributed by atoms with Gasteiger partial charge in [0.1, 0.15) is 5.69 Å². The van der Waals surface area contributed by atoms with Gasteiger partial charge in [0.15, 0.2) is 0 Å². The van der Waals surface area contributed by atoms with Crippen molar-refractivity contribution in [2.75, 3.05) is 6.61 Å². The van der Waals surface area contributed by atoms with Crippen molar-refractivity contribution in [1.29, 1.82) is 0 Å². The number of nitrogens with one attached hydrogen (secondary N) is 1. The van der Waals surface area contributed by atoms with E-state index in [1.807, 2.05) is 20.8 Å². The van der Waals surface area contributed by atoms with Gasteiger partial charge in [0.2, 0.25) is 0 Å². The molecule has 0 spiro atoms. The molecular weight excluding hydrogens is 369 g/mol. The molecule has 0 radical (unpaired) electrons. The van der Waals surface area contributed by atoms with Crippen LogP contribution in [0.5, 0.6) is 0 Å². The van der Waals surface area contributed by atoms with E-state index in [1.165, 1.54) is 10.7 Å². The molecule has 0 unspecified atom stereocenters. The third-order valence-corrected chi connectivity index (χ3v) is 5.44. The van der Waals surface area contributed by atoms with Crippen molar-refractivity contribution in [3.63, 3.8) is 0 Å². The minimum Gasteiger partial charge on any atom is -0.373 e. The highest BCUT2D eigenvalue weighted by Gasteiger charge is 2.33. The van der Waals surface area contributed by atoms with Gasteiger partial charge in [-0.1, -0.05) is 0 Å². The minimum absolute atomic E-state index is 0.248. The highest BCUT2D eigenvalue weighted by molar-refractivity contribution is 7.84. The van der Waals surface area contributed by atoms with Crippen LogP contribution in [0.2, 0.25) is 0 Å². The molecule has 2 aromatic heterocycles. The second-order valence-electron chi connectivity index (χ2n) is 6.94. The lowest BCUT2D eigenvalue weighted by molar-refractivity contribution is -0.141. The number of nitrogens with zero attached hydrogens (tertiary/aromatic N) is 3. The third-order valence-electron chi connectivity index (χ3n) is 3.83.